The molecule has 0 saturated carbocycles. The highest BCUT2D eigenvalue weighted by Gasteiger charge is 2.01. The van der Waals surface area contributed by atoms with Gasteiger partial charge in [0.2, 0.25) is 0 Å². The average Bonchev–Trinajstić information content (AvgIpc) is 2.37. The summed E-state index contributed by atoms with van der Waals surface area (Å²) >= 11 is 0. The van der Waals surface area contributed by atoms with Crippen LogP contribution in [0.3, 0.4) is 0 Å². The Hall–Kier alpha value is -0.400. The van der Waals surface area contributed by atoms with E-state index in [1.807, 2.05) is 0 Å². The molecule has 0 aromatic carbocycles. The summed E-state index contributed by atoms with van der Waals surface area (Å²) in [5.41, 5.74) is 0. The summed E-state index contributed by atoms with van der Waals surface area (Å²) in [6.45, 7) is 5.15. The molecule has 0 radical (unpaired) electrons. The molecule has 0 heterocycles. The third kappa shape index (κ3) is 13.7. The van der Waals surface area contributed by atoms with Crippen LogP contribution in [0.1, 0.15) is 90.9 Å². The molecule has 0 aromatic heterocycles. The first-order valence-electron chi connectivity index (χ1n) is 8.10. The molecule has 0 aliphatic carbocycles. The lowest BCUT2D eigenvalue weighted by Gasteiger charge is -2.10. The molecule has 2 heteroatoms. The summed E-state index contributed by atoms with van der Waals surface area (Å²) in [4.78, 5) is 9.92. The van der Waals surface area contributed by atoms with Gasteiger partial charge in [-0.1, -0.05) is 89.7 Å². The fourth-order valence-corrected chi connectivity index (χ4v) is 2.44. The van der Waals surface area contributed by atoms with Crippen LogP contribution in [0.5, 0.6) is 0 Å². The zero-order valence-electron chi connectivity index (χ0n) is 12.6. The lowest BCUT2D eigenvalue weighted by Crippen LogP contribution is -1.95. The minimum atomic E-state index is 0.506. The van der Waals surface area contributed by atoms with E-state index < -0.39 is 0 Å². The molecule has 0 aromatic rings. The van der Waals surface area contributed by atoms with Crippen LogP contribution in [0.25, 0.3) is 0 Å². The Kier molecular flexibility index (Phi) is 14.3. The van der Waals surface area contributed by atoms with Gasteiger partial charge in [-0.2, -0.15) is 4.91 Å². The van der Waals surface area contributed by atoms with E-state index in [2.05, 4.69) is 19.0 Å². The van der Waals surface area contributed by atoms with E-state index in [0.29, 0.717) is 6.54 Å². The summed E-state index contributed by atoms with van der Waals surface area (Å²) in [7, 11) is 0. The number of nitroso groups, excluding NO2 is 1. The summed E-state index contributed by atoms with van der Waals surface area (Å²) in [6.07, 6.45) is 16.0. The van der Waals surface area contributed by atoms with Gasteiger partial charge in [-0.3, -0.25) is 0 Å². The van der Waals surface area contributed by atoms with Gasteiger partial charge in [-0.25, -0.2) is 0 Å². The predicted octanol–water partition coefficient (Wildman–Crippen LogP) is 6.09. The first kappa shape index (κ1) is 17.6. The number of hydrogen-bond donors (Lipinski definition) is 0. The van der Waals surface area contributed by atoms with Crippen molar-refractivity contribution in [2.75, 3.05) is 6.54 Å². The minimum absolute atomic E-state index is 0.506. The molecule has 18 heavy (non-hydrogen) atoms. The quantitative estimate of drug-likeness (QED) is 0.273. The zero-order valence-corrected chi connectivity index (χ0v) is 12.6. The molecule has 0 unspecified atom stereocenters. The molecule has 108 valence electrons. The van der Waals surface area contributed by atoms with Gasteiger partial charge in [0.25, 0.3) is 0 Å². The predicted molar refractivity (Wildman–Crippen MR) is 80.9 cm³/mol. The Bertz CT molecular complexity index is 170. The number of unbranched alkanes of at least 4 members (excludes halogenated alkanes) is 8. The highest BCUT2D eigenvalue weighted by atomic mass is 16.3. The highest BCUT2D eigenvalue weighted by molar-refractivity contribution is 4.56. The summed E-state index contributed by atoms with van der Waals surface area (Å²) in [5.74, 6) is 0.866. The van der Waals surface area contributed by atoms with Gasteiger partial charge in [0.15, 0.2) is 0 Å². The minimum Gasteiger partial charge on any atom is -0.151 e. The smallest absolute Gasteiger partial charge is 0.0811 e. The van der Waals surface area contributed by atoms with E-state index in [0.717, 1.165) is 12.3 Å². The average molecular weight is 255 g/mol. The molecule has 0 spiro atoms. The Morgan fingerprint density at radius 3 is 1.83 bits per heavy atom. The maximum Gasteiger partial charge on any atom is 0.0811 e. The van der Waals surface area contributed by atoms with Crippen LogP contribution in [0, 0.1) is 10.8 Å². The lowest BCUT2D eigenvalue weighted by molar-refractivity contribution is 0.435. The van der Waals surface area contributed by atoms with Crippen molar-refractivity contribution in [1.82, 2.24) is 0 Å². The molecular weight excluding hydrogens is 222 g/mol. The summed E-state index contributed by atoms with van der Waals surface area (Å²) in [5, 5.41) is 2.89. The van der Waals surface area contributed by atoms with Gasteiger partial charge in [0.05, 0.1) is 6.54 Å². The molecule has 2 nitrogen and oxygen atoms in total. The number of nitrogens with zero attached hydrogens (tertiary/aromatic N) is 1. The number of rotatable bonds is 14. The van der Waals surface area contributed by atoms with Crippen molar-refractivity contribution in [1.29, 1.82) is 0 Å². The third-order valence-corrected chi connectivity index (χ3v) is 3.75. The van der Waals surface area contributed by atoms with Crippen molar-refractivity contribution in [3.05, 3.63) is 4.91 Å². The fraction of sp³-hybridized carbons (Fsp3) is 1.00. The second-order valence-electron chi connectivity index (χ2n) is 5.72. The Labute approximate surface area is 114 Å². The molecule has 0 bridgehead atoms. The van der Waals surface area contributed by atoms with Gasteiger partial charge in [0.1, 0.15) is 0 Å². The zero-order chi connectivity index (χ0) is 13.5. The van der Waals surface area contributed by atoms with E-state index in [1.165, 1.54) is 70.6 Å². The molecular formula is C16H33NO. The SMILES string of the molecule is CCCCCCCCC[C@H](C)CCCCCN=O. The van der Waals surface area contributed by atoms with Crippen LogP contribution >= 0.6 is 0 Å². The Morgan fingerprint density at radius 1 is 0.778 bits per heavy atom. The van der Waals surface area contributed by atoms with Crippen LogP contribution < -0.4 is 0 Å². The topological polar surface area (TPSA) is 29.4 Å². The molecule has 1 atom stereocenters. The maximum absolute atomic E-state index is 9.92. The van der Waals surface area contributed by atoms with E-state index in [-0.39, 0.29) is 0 Å². The van der Waals surface area contributed by atoms with Crippen LogP contribution in [0.2, 0.25) is 0 Å². The second kappa shape index (κ2) is 14.7. The standard InChI is InChI=1S/C16H33NO/c1-3-4-5-6-7-8-10-13-16(2)14-11-9-12-15-17-18/h16H,3-15H2,1-2H3/t16-/m0/s1. The van der Waals surface area contributed by atoms with Crippen molar-refractivity contribution in [2.45, 2.75) is 90.9 Å². The molecule has 0 saturated heterocycles. The Morgan fingerprint density at radius 2 is 1.28 bits per heavy atom. The molecule has 0 N–H and O–H groups in total. The van der Waals surface area contributed by atoms with Gasteiger partial charge < -0.3 is 0 Å². The molecule has 0 rings (SSSR count). The van der Waals surface area contributed by atoms with Crippen LogP contribution in [0.4, 0.5) is 0 Å². The summed E-state index contributed by atoms with van der Waals surface area (Å²) < 4.78 is 0. The van der Waals surface area contributed by atoms with Gasteiger partial charge >= 0.3 is 0 Å². The van der Waals surface area contributed by atoms with Crippen molar-refractivity contribution >= 4 is 0 Å². The summed E-state index contributed by atoms with van der Waals surface area (Å²) in [6, 6.07) is 0. The second-order valence-corrected chi connectivity index (χ2v) is 5.72. The van der Waals surface area contributed by atoms with Crippen molar-refractivity contribution in [3.8, 4) is 0 Å². The fourth-order valence-electron chi connectivity index (χ4n) is 2.44. The first-order chi connectivity index (χ1) is 8.81. The highest BCUT2D eigenvalue weighted by Crippen LogP contribution is 2.17. The molecule has 0 aliphatic rings. The van der Waals surface area contributed by atoms with E-state index >= 15 is 0 Å². The van der Waals surface area contributed by atoms with Crippen LogP contribution in [-0.2, 0) is 0 Å². The largest absolute Gasteiger partial charge is 0.151 e. The maximum atomic E-state index is 9.92. The van der Waals surface area contributed by atoms with Crippen molar-refractivity contribution < 1.29 is 0 Å². The van der Waals surface area contributed by atoms with E-state index in [1.54, 1.807) is 0 Å². The molecule has 0 fully saturated rings. The van der Waals surface area contributed by atoms with Gasteiger partial charge in [-0.05, 0) is 12.3 Å². The van der Waals surface area contributed by atoms with Crippen LogP contribution in [-0.4, -0.2) is 6.54 Å². The number of hydrogen-bond acceptors (Lipinski definition) is 2. The monoisotopic (exact) mass is 255 g/mol. The van der Waals surface area contributed by atoms with Crippen molar-refractivity contribution in [2.24, 2.45) is 11.1 Å². The van der Waals surface area contributed by atoms with E-state index in [4.69, 9.17) is 0 Å². The van der Waals surface area contributed by atoms with Gasteiger partial charge in [0, 0.05) is 0 Å². The van der Waals surface area contributed by atoms with Crippen LogP contribution in [0.15, 0.2) is 5.18 Å². The Balaban J connectivity index is 3.11. The molecule has 0 amide bonds. The normalized spacial score (nSPS) is 12.6. The first-order valence-corrected chi connectivity index (χ1v) is 8.10. The van der Waals surface area contributed by atoms with Gasteiger partial charge in [-0.15, -0.1) is 0 Å². The lowest BCUT2D eigenvalue weighted by atomic mass is 9.96. The van der Waals surface area contributed by atoms with Crippen molar-refractivity contribution in [3.63, 3.8) is 0 Å². The molecule has 0 aliphatic heterocycles. The van der Waals surface area contributed by atoms with E-state index in [9.17, 15) is 4.91 Å². The third-order valence-electron chi connectivity index (χ3n) is 3.75.